The fourth-order valence-electron chi connectivity index (χ4n) is 2.69. The van der Waals surface area contributed by atoms with E-state index in [0.29, 0.717) is 12.5 Å². The van der Waals surface area contributed by atoms with Crippen LogP contribution in [-0.4, -0.2) is 34.2 Å². The number of ether oxygens (including phenoxy) is 1. The highest BCUT2D eigenvalue weighted by Crippen LogP contribution is 2.26. The minimum absolute atomic E-state index is 0.00210. The van der Waals surface area contributed by atoms with E-state index in [1.807, 2.05) is 0 Å². The van der Waals surface area contributed by atoms with Gasteiger partial charge in [-0.3, -0.25) is 4.90 Å². The van der Waals surface area contributed by atoms with Crippen LogP contribution < -0.4 is 0 Å². The quantitative estimate of drug-likeness (QED) is 0.865. The van der Waals surface area contributed by atoms with Gasteiger partial charge in [-0.1, -0.05) is 30.5 Å². The second-order valence-electron chi connectivity index (χ2n) is 5.88. The molecule has 1 atom stereocenters. The van der Waals surface area contributed by atoms with Crippen molar-refractivity contribution in [3.05, 3.63) is 46.2 Å². The molecule has 6 heteroatoms. The molecule has 4 nitrogen and oxygen atoms in total. The molecule has 0 spiro atoms. The van der Waals surface area contributed by atoms with Crippen molar-refractivity contribution < 1.29 is 9.13 Å². The molecule has 0 saturated carbocycles. The van der Waals surface area contributed by atoms with Crippen LogP contribution in [0.3, 0.4) is 0 Å². The first kappa shape index (κ1) is 15.5. The molecule has 1 fully saturated rings. The minimum atomic E-state index is -0.214. The molecule has 2 heterocycles. The Kier molecular flexibility index (Phi) is 4.81. The predicted molar refractivity (Wildman–Crippen MR) is 84.4 cm³/mol. The highest BCUT2D eigenvalue weighted by molar-refractivity contribution is 7.05. The summed E-state index contributed by atoms with van der Waals surface area (Å²) in [5.74, 6) is 0.177. The first-order valence-electron chi connectivity index (χ1n) is 7.54. The molecule has 0 aliphatic carbocycles. The molecular weight excluding hydrogens is 301 g/mol. The van der Waals surface area contributed by atoms with Gasteiger partial charge in [-0.25, -0.2) is 4.39 Å². The van der Waals surface area contributed by atoms with E-state index in [-0.39, 0.29) is 11.9 Å². The smallest absolute Gasteiger partial charge is 0.123 e. The average molecular weight is 321 g/mol. The third-order valence-electron chi connectivity index (χ3n) is 3.89. The molecule has 0 radical (unpaired) electrons. The van der Waals surface area contributed by atoms with Gasteiger partial charge in [-0.2, -0.15) is 0 Å². The topological polar surface area (TPSA) is 38.2 Å². The molecular formula is C16H20FN3OS. The van der Waals surface area contributed by atoms with Crippen molar-refractivity contribution in [3.63, 3.8) is 0 Å². The van der Waals surface area contributed by atoms with Crippen LogP contribution in [0.15, 0.2) is 24.3 Å². The third kappa shape index (κ3) is 3.51. The van der Waals surface area contributed by atoms with E-state index in [1.54, 1.807) is 12.1 Å². The van der Waals surface area contributed by atoms with Crippen molar-refractivity contribution in [2.45, 2.75) is 32.4 Å². The van der Waals surface area contributed by atoms with E-state index in [0.717, 1.165) is 30.9 Å². The van der Waals surface area contributed by atoms with E-state index >= 15 is 0 Å². The third-order valence-corrected chi connectivity index (χ3v) is 4.61. The van der Waals surface area contributed by atoms with Crippen LogP contribution in [0, 0.1) is 5.82 Å². The summed E-state index contributed by atoms with van der Waals surface area (Å²) in [6.07, 6.45) is -0.00210. The molecule has 2 aromatic rings. The Bertz CT molecular complexity index is 614. The normalized spacial score (nSPS) is 19.7. The van der Waals surface area contributed by atoms with E-state index in [2.05, 4.69) is 28.3 Å². The van der Waals surface area contributed by atoms with Crippen LogP contribution in [-0.2, 0) is 11.3 Å². The Morgan fingerprint density at radius 1 is 1.36 bits per heavy atom. The SMILES string of the molecule is CC(C)c1nnsc1CN1CCOC(c2ccc(F)cc2)C1. The van der Waals surface area contributed by atoms with Crippen LogP contribution >= 0.6 is 11.5 Å². The number of morpholine rings is 1. The minimum Gasteiger partial charge on any atom is -0.371 e. The summed E-state index contributed by atoms with van der Waals surface area (Å²) in [5, 5.41) is 4.24. The molecule has 1 aliphatic rings. The first-order chi connectivity index (χ1) is 10.6. The Morgan fingerprint density at radius 3 is 2.86 bits per heavy atom. The zero-order valence-corrected chi connectivity index (χ0v) is 13.6. The van der Waals surface area contributed by atoms with Crippen molar-refractivity contribution in [2.24, 2.45) is 0 Å². The lowest BCUT2D eigenvalue weighted by Gasteiger charge is -2.33. The van der Waals surface area contributed by atoms with Crippen LogP contribution in [0.2, 0.25) is 0 Å². The Labute approximate surface area is 134 Å². The number of halogens is 1. The number of nitrogens with zero attached hydrogens (tertiary/aromatic N) is 3. The lowest BCUT2D eigenvalue weighted by molar-refractivity contribution is -0.0327. The van der Waals surface area contributed by atoms with Gasteiger partial charge in [0.25, 0.3) is 0 Å². The second kappa shape index (κ2) is 6.81. The van der Waals surface area contributed by atoms with Crippen LogP contribution in [0.25, 0.3) is 0 Å². The van der Waals surface area contributed by atoms with Gasteiger partial charge in [-0.05, 0) is 35.1 Å². The van der Waals surface area contributed by atoms with Crippen molar-refractivity contribution in [3.8, 4) is 0 Å². The highest BCUT2D eigenvalue weighted by atomic mass is 32.1. The summed E-state index contributed by atoms with van der Waals surface area (Å²) >= 11 is 1.48. The van der Waals surface area contributed by atoms with Gasteiger partial charge in [0, 0.05) is 19.6 Å². The summed E-state index contributed by atoms with van der Waals surface area (Å²) in [6, 6.07) is 6.58. The maximum absolute atomic E-state index is 13.0. The molecule has 22 heavy (non-hydrogen) atoms. The summed E-state index contributed by atoms with van der Waals surface area (Å²) in [4.78, 5) is 3.59. The summed E-state index contributed by atoms with van der Waals surface area (Å²) < 4.78 is 23.0. The fraction of sp³-hybridized carbons (Fsp3) is 0.500. The lowest BCUT2D eigenvalue weighted by atomic mass is 10.1. The van der Waals surface area contributed by atoms with Gasteiger partial charge < -0.3 is 4.74 Å². The fourth-order valence-corrected chi connectivity index (χ4v) is 3.53. The lowest BCUT2D eigenvalue weighted by Crippen LogP contribution is -2.37. The predicted octanol–water partition coefficient (Wildman–Crippen LogP) is 3.37. The Morgan fingerprint density at radius 2 is 2.14 bits per heavy atom. The Hall–Kier alpha value is -1.37. The molecule has 1 aliphatic heterocycles. The molecule has 118 valence electrons. The average Bonchev–Trinajstić information content (AvgIpc) is 2.96. The van der Waals surface area contributed by atoms with Gasteiger partial charge in [0.1, 0.15) is 5.82 Å². The number of benzene rings is 1. The Balaban J connectivity index is 1.68. The summed E-state index contributed by atoms with van der Waals surface area (Å²) in [6.45, 7) is 7.52. The first-order valence-corrected chi connectivity index (χ1v) is 8.31. The van der Waals surface area contributed by atoms with Crippen LogP contribution in [0.1, 0.15) is 42.0 Å². The van der Waals surface area contributed by atoms with Crippen LogP contribution in [0.5, 0.6) is 0 Å². The molecule has 3 rings (SSSR count). The molecule has 1 aromatic carbocycles. The zero-order valence-electron chi connectivity index (χ0n) is 12.8. The molecule has 1 unspecified atom stereocenters. The van der Waals surface area contributed by atoms with Gasteiger partial charge in [0.15, 0.2) is 0 Å². The number of hydrogen-bond acceptors (Lipinski definition) is 5. The van der Waals surface area contributed by atoms with Crippen molar-refractivity contribution in [1.82, 2.24) is 14.5 Å². The molecule has 1 saturated heterocycles. The van der Waals surface area contributed by atoms with E-state index in [9.17, 15) is 4.39 Å². The summed E-state index contributed by atoms with van der Waals surface area (Å²) in [5.41, 5.74) is 2.12. The van der Waals surface area contributed by atoms with Gasteiger partial charge in [0.05, 0.1) is 23.3 Å². The molecule has 0 N–H and O–H groups in total. The van der Waals surface area contributed by atoms with E-state index in [1.165, 1.54) is 28.5 Å². The van der Waals surface area contributed by atoms with Crippen LogP contribution in [0.4, 0.5) is 4.39 Å². The number of aromatic nitrogens is 2. The zero-order chi connectivity index (χ0) is 15.5. The van der Waals surface area contributed by atoms with E-state index < -0.39 is 0 Å². The maximum atomic E-state index is 13.0. The monoisotopic (exact) mass is 321 g/mol. The van der Waals surface area contributed by atoms with Crippen molar-refractivity contribution in [1.29, 1.82) is 0 Å². The van der Waals surface area contributed by atoms with Crippen molar-refractivity contribution >= 4 is 11.5 Å². The largest absolute Gasteiger partial charge is 0.371 e. The molecule has 1 aromatic heterocycles. The van der Waals surface area contributed by atoms with E-state index in [4.69, 9.17) is 4.74 Å². The number of hydrogen-bond donors (Lipinski definition) is 0. The van der Waals surface area contributed by atoms with Gasteiger partial charge in [0.2, 0.25) is 0 Å². The standard InChI is InChI=1S/C16H20FN3OS/c1-11(2)16-15(22-19-18-16)10-20-7-8-21-14(9-20)12-3-5-13(17)6-4-12/h3-6,11,14H,7-10H2,1-2H3. The molecule has 0 amide bonds. The second-order valence-corrected chi connectivity index (χ2v) is 6.72. The number of rotatable bonds is 4. The van der Waals surface area contributed by atoms with Gasteiger partial charge in [-0.15, -0.1) is 5.10 Å². The molecule has 0 bridgehead atoms. The van der Waals surface area contributed by atoms with Crippen molar-refractivity contribution in [2.75, 3.05) is 19.7 Å². The summed E-state index contributed by atoms with van der Waals surface area (Å²) in [7, 11) is 0. The van der Waals surface area contributed by atoms with Gasteiger partial charge >= 0.3 is 0 Å². The highest BCUT2D eigenvalue weighted by Gasteiger charge is 2.24. The maximum Gasteiger partial charge on any atom is 0.123 e.